The van der Waals surface area contributed by atoms with Gasteiger partial charge in [0.1, 0.15) is 11.9 Å². The van der Waals surface area contributed by atoms with Crippen LogP contribution in [0.2, 0.25) is 0 Å². The minimum atomic E-state index is -1.01. The molecule has 1 aromatic carbocycles. The number of nitrogens with zero attached hydrogens (tertiary/aromatic N) is 3. The van der Waals surface area contributed by atoms with Crippen LogP contribution in [0.15, 0.2) is 47.6 Å². The minimum Gasteiger partial charge on any atom is -0.365 e. The number of hydrogen-bond donors (Lipinski definition) is 0. The van der Waals surface area contributed by atoms with E-state index in [0.29, 0.717) is 12.2 Å². The third-order valence-electron chi connectivity index (χ3n) is 3.06. The zero-order valence-electron chi connectivity index (χ0n) is 11.7. The lowest BCUT2D eigenvalue weighted by Crippen LogP contribution is -2.17. The molecule has 0 unspecified atom stereocenters. The number of hydrogen-bond acceptors (Lipinski definition) is 5. The van der Waals surface area contributed by atoms with Crippen LogP contribution < -0.4 is 4.90 Å². The molecule has 0 aliphatic carbocycles. The van der Waals surface area contributed by atoms with E-state index < -0.39 is 15.7 Å². The Balaban J connectivity index is 2.20. The largest absolute Gasteiger partial charge is 0.365 e. The molecule has 1 atom stereocenters. The second-order valence-electron chi connectivity index (χ2n) is 4.58. The number of nitro groups is 1. The molecule has 6 nitrogen and oxygen atoms in total. The molecule has 1 heterocycles. The first-order chi connectivity index (χ1) is 9.99. The molecule has 7 heteroatoms. The predicted octanol–water partition coefficient (Wildman–Crippen LogP) is 2.36. The number of anilines is 1. The second-order valence-corrected chi connectivity index (χ2v) is 5.96. The Morgan fingerprint density at radius 1 is 1.29 bits per heavy atom. The first-order valence-electron chi connectivity index (χ1n) is 6.21. The van der Waals surface area contributed by atoms with Gasteiger partial charge >= 0.3 is 5.69 Å². The third kappa shape index (κ3) is 3.63. The van der Waals surface area contributed by atoms with Crippen LogP contribution in [0.5, 0.6) is 0 Å². The van der Waals surface area contributed by atoms with E-state index in [1.807, 2.05) is 12.1 Å². The lowest BCUT2D eigenvalue weighted by molar-refractivity contribution is -0.384. The molecule has 0 fully saturated rings. The fraction of sp³-hybridized carbons (Fsp3) is 0.214. The average molecular weight is 305 g/mol. The fourth-order valence-electron chi connectivity index (χ4n) is 1.99. The van der Waals surface area contributed by atoms with Crippen molar-refractivity contribution in [2.45, 2.75) is 11.4 Å². The van der Waals surface area contributed by atoms with Crippen LogP contribution in [0, 0.1) is 10.1 Å². The Bertz CT molecular complexity index is 673. The summed E-state index contributed by atoms with van der Waals surface area (Å²) >= 11 is 0. The molecule has 0 aliphatic heterocycles. The fourth-order valence-corrected chi connectivity index (χ4v) is 2.51. The van der Waals surface area contributed by atoms with Gasteiger partial charge in [-0.1, -0.05) is 12.1 Å². The molecule has 0 saturated heterocycles. The van der Waals surface area contributed by atoms with E-state index in [0.717, 1.165) is 10.5 Å². The molecule has 0 radical (unpaired) electrons. The van der Waals surface area contributed by atoms with Crippen molar-refractivity contribution in [2.75, 3.05) is 18.2 Å². The summed E-state index contributed by atoms with van der Waals surface area (Å²) in [5.41, 5.74) is 1.47. The Labute approximate surface area is 125 Å². The maximum Gasteiger partial charge on any atom is 0.310 e. The van der Waals surface area contributed by atoms with Crippen LogP contribution in [0.1, 0.15) is 5.56 Å². The van der Waals surface area contributed by atoms with E-state index in [1.54, 1.807) is 36.4 Å². The smallest absolute Gasteiger partial charge is 0.310 e. The van der Waals surface area contributed by atoms with Gasteiger partial charge in [-0.3, -0.25) is 19.3 Å². The topological polar surface area (TPSA) is 76.3 Å². The maximum absolute atomic E-state index is 11.3. The molecule has 0 aliphatic rings. The van der Waals surface area contributed by atoms with E-state index in [2.05, 4.69) is 4.98 Å². The summed E-state index contributed by atoms with van der Waals surface area (Å²) < 4.78 is 11.3. The first-order valence-corrected chi connectivity index (χ1v) is 7.76. The summed E-state index contributed by atoms with van der Waals surface area (Å²) in [6, 6.07) is 8.98. The molecule has 21 heavy (non-hydrogen) atoms. The van der Waals surface area contributed by atoms with Crippen molar-refractivity contribution in [3.05, 3.63) is 58.4 Å². The SMILES string of the molecule is CN(Cc1ccc([S@](C)=O)cc1)c1ccncc1[N+](=O)[O-]. The average Bonchev–Trinajstić information content (AvgIpc) is 2.47. The van der Waals surface area contributed by atoms with Gasteiger partial charge in [-0.15, -0.1) is 0 Å². The molecule has 2 aromatic rings. The quantitative estimate of drug-likeness (QED) is 0.626. The van der Waals surface area contributed by atoms with Gasteiger partial charge in [0.25, 0.3) is 0 Å². The van der Waals surface area contributed by atoms with Crippen molar-refractivity contribution in [3.63, 3.8) is 0 Å². The molecule has 1 aromatic heterocycles. The molecule has 2 rings (SSSR count). The molecule has 0 spiro atoms. The summed E-state index contributed by atoms with van der Waals surface area (Å²) in [4.78, 5) is 16.9. The van der Waals surface area contributed by atoms with Crippen LogP contribution in [0.4, 0.5) is 11.4 Å². The first kappa shape index (κ1) is 15.1. The van der Waals surface area contributed by atoms with Gasteiger partial charge in [-0.2, -0.15) is 0 Å². The van der Waals surface area contributed by atoms with E-state index in [9.17, 15) is 14.3 Å². The predicted molar refractivity (Wildman–Crippen MR) is 81.8 cm³/mol. The minimum absolute atomic E-state index is 0.0220. The van der Waals surface area contributed by atoms with Crippen molar-refractivity contribution in [1.82, 2.24) is 4.98 Å². The van der Waals surface area contributed by atoms with E-state index >= 15 is 0 Å². The lowest BCUT2D eigenvalue weighted by atomic mass is 10.2. The van der Waals surface area contributed by atoms with E-state index in [-0.39, 0.29) is 5.69 Å². The van der Waals surface area contributed by atoms with Crippen molar-refractivity contribution in [2.24, 2.45) is 0 Å². The van der Waals surface area contributed by atoms with Crippen molar-refractivity contribution < 1.29 is 9.13 Å². The van der Waals surface area contributed by atoms with Crippen LogP contribution in [0.3, 0.4) is 0 Å². The van der Waals surface area contributed by atoms with Gasteiger partial charge < -0.3 is 4.90 Å². The van der Waals surface area contributed by atoms with Gasteiger partial charge in [-0.25, -0.2) is 0 Å². The summed E-state index contributed by atoms with van der Waals surface area (Å²) in [5, 5.41) is 11.0. The highest BCUT2D eigenvalue weighted by molar-refractivity contribution is 7.84. The Morgan fingerprint density at radius 3 is 2.52 bits per heavy atom. The number of rotatable bonds is 5. The monoisotopic (exact) mass is 305 g/mol. The molecule has 0 saturated carbocycles. The van der Waals surface area contributed by atoms with Crippen LogP contribution in [-0.4, -0.2) is 27.4 Å². The van der Waals surface area contributed by atoms with Crippen molar-refractivity contribution >= 4 is 22.2 Å². The maximum atomic E-state index is 11.3. The Hall–Kier alpha value is -2.28. The van der Waals surface area contributed by atoms with Gasteiger partial charge in [-0.05, 0) is 23.8 Å². The highest BCUT2D eigenvalue weighted by Gasteiger charge is 2.16. The van der Waals surface area contributed by atoms with E-state index in [1.165, 1.54) is 12.4 Å². The van der Waals surface area contributed by atoms with Gasteiger partial charge in [0, 0.05) is 41.7 Å². The summed E-state index contributed by atoms with van der Waals surface area (Å²) in [5.74, 6) is 0. The van der Waals surface area contributed by atoms with Gasteiger partial charge in [0.15, 0.2) is 0 Å². The lowest BCUT2D eigenvalue weighted by Gasteiger charge is -2.19. The number of aromatic nitrogens is 1. The van der Waals surface area contributed by atoms with Crippen LogP contribution in [0.25, 0.3) is 0 Å². The zero-order chi connectivity index (χ0) is 15.4. The van der Waals surface area contributed by atoms with Gasteiger partial charge in [0.05, 0.1) is 4.92 Å². The summed E-state index contributed by atoms with van der Waals surface area (Å²) in [6.45, 7) is 0.515. The van der Waals surface area contributed by atoms with Crippen LogP contribution >= 0.6 is 0 Å². The van der Waals surface area contributed by atoms with E-state index in [4.69, 9.17) is 0 Å². The molecule has 0 bridgehead atoms. The van der Waals surface area contributed by atoms with Crippen molar-refractivity contribution in [1.29, 1.82) is 0 Å². The molecule has 0 amide bonds. The van der Waals surface area contributed by atoms with Gasteiger partial charge in [0.2, 0.25) is 0 Å². The molecular weight excluding hydrogens is 290 g/mol. The Kier molecular flexibility index (Phi) is 4.64. The second kappa shape index (κ2) is 6.45. The molecule has 0 N–H and O–H groups in total. The summed E-state index contributed by atoms with van der Waals surface area (Å²) in [6.07, 6.45) is 4.40. The van der Waals surface area contributed by atoms with Crippen LogP contribution in [-0.2, 0) is 17.3 Å². The highest BCUT2D eigenvalue weighted by atomic mass is 32.2. The number of pyridine rings is 1. The normalized spacial score (nSPS) is 11.9. The van der Waals surface area contributed by atoms with Crippen molar-refractivity contribution in [3.8, 4) is 0 Å². The zero-order valence-corrected chi connectivity index (χ0v) is 12.5. The third-order valence-corrected chi connectivity index (χ3v) is 4.00. The highest BCUT2D eigenvalue weighted by Crippen LogP contribution is 2.26. The Morgan fingerprint density at radius 2 is 1.95 bits per heavy atom. The number of benzene rings is 1. The molecule has 110 valence electrons. The standard InChI is InChI=1S/C14H15N3O3S/c1-16(13-7-8-15-9-14(13)17(18)19)10-11-3-5-12(6-4-11)21(2)20/h3-9H,10H2,1-2H3/t21-/m0/s1. The summed E-state index contributed by atoms with van der Waals surface area (Å²) in [7, 11) is 0.779. The molecular formula is C14H15N3O3S.